The van der Waals surface area contributed by atoms with Crippen molar-refractivity contribution >= 4 is 23.1 Å². The maximum atomic E-state index is 12.2. The molecule has 1 aliphatic rings. The van der Waals surface area contributed by atoms with Gasteiger partial charge in [0.2, 0.25) is 0 Å². The smallest absolute Gasteiger partial charge is 0.410 e. The van der Waals surface area contributed by atoms with Crippen LogP contribution in [0.5, 0.6) is 0 Å². The van der Waals surface area contributed by atoms with Gasteiger partial charge < -0.3 is 19.9 Å². The van der Waals surface area contributed by atoms with Gasteiger partial charge in [0.1, 0.15) is 5.60 Å². The number of carbonyl (C=O) groups is 1. The van der Waals surface area contributed by atoms with Crippen LogP contribution in [0.25, 0.3) is 17.0 Å². The van der Waals surface area contributed by atoms with Crippen LogP contribution in [0.3, 0.4) is 0 Å². The number of hydrogen-bond donors (Lipinski definition) is 2. The molecule has 1 aromatic carbocycles. The molecular weight excluding hydrogens is 290 g/mol. The predicted molar refractivity (Wildman–Crippen MR) is 92.3 cm³/mol. The van der Waals surface area contributed by atoms with Crippen molar-refractivity contribution in [3.8, 4) is 0 Å². The molecule has 5 nitrogen and oxygen atoms in total. The second-order valence-electron chi connectivity index (χ2n) is 6.35. The Morgan fingerprint density at radius 3 is 2.74 bits per heavy atom. The number of nitrogens with zero attached hydrogens (tertiary/aromatic N) is 1. The third-order valence-corrected chi connectivity index (χ3v) is 3.94. The molecule has 1 aromatic heterocycles. The fourth-order valence-corrected chi connectivity index (χ4v) is 2.65. The lowest BCUT2D eigenvalue weighted by Crippen LogP contribution is -2.48. The predicted octanol–water partition coefficient (Wildman–Crippen LogP) is 3.00. The number of nitrogens with one attached hydrogen (secondary N) is 2. The molecule has 0 aliphatic carbocycles. The standard InChI is InChI=1S/C18H23N3O2/c1-18(2,23-17(22)21-11-9-19-10-12-21)8-7-15-13-14-5-3-4-6-16(14)20-15/h3-8,13,19-20H,9-12H2,1-2H3/b8-7+. The van der Waals surface area contributed by atoms with E-state index in [0.717, 1.165) is 24.3 Å². The summed E-state index contributed by atoms with van der Waals surface area (Å²) in [7, 11) is 0. The topological polar surface area (TPSA) is 57.4 Å². The Balaban J connectivity index is 1.65. The number of aromatic amines is 1. The quantitative estimate of drug-likeness (QED) is 0.916. The van der Waals surface area contributed by atoms with Crippen LogP contribution < -0.4 is 5.32 Å². The minimum atomic E-state index is -0.654. The molecule has 0 spiro atoms. The number of carbonyl (C=O) groups excluding carboxylic acids is 1. The molecule has 1 saturated heterocycles. The number of benzene rings is 1. The zero-order valence-corrected chi connectivity index (χ0v) is 13.6. The summed E-state index contributed by atoms with van der Waals surface area (Å²) >= 11 is 0. The Labute approximate surface area is 136 Å². The summed E-state index contributed by atoms with van der Waals surface area (Å²) < 4.78 is 5.63. The second-order valence-corrected chi connectivity index (χ2v) is 6.35. The van der Waals surface area contributed by atoms with Crippen LogP contribution >= 0.6 is 0 Å². The van der Waals surface area contributed by atoms with Crippen LogP contribution in [-0.2, 0) is 4.74 Å². The molecule has 0 atom stereocenters. The van der Waals surface area contributed by atoms with E-state index in [4.69, 9.17) is 4.74 Å². The average Bonchev–Trinajstić information content (AvgIpc) is 2.96. The van der Waals surface area contributed by atoms with E-state index >= 15 is 0 Å². The third-order valence-electron chi connectivity index (χ3n) is 3.94. The van der Waals surface area contributed by atoms with E-state index in [1.165, 1.54) is 5.39 Å². The van der Waals surface area contributed by atoms with Crippen molar-refractivity contribution in [3.05, 3.63) is 42.1 Å². The van der Waals surface area contributed by atoms with Gasteiger partial charge in [-0.3, -0.25) is 0 Å². The Bertz CT molecular complexity index is 679. The minimum Gasteiger partial charge on any atom is -0.439 e. The van der Waals surface area contributed by atoms with E-state index in [0.29, 0.717) is 13.1 Å². The van der Waals surface area contributed by atoms with Crippen LogP contribution in [0.1, 0.15) is 19.5 Å². The van der Waals surface area contributed by atoms with Gasteiger partial charge in [-0.05, 0) is 43.5 Å². The first-order chi connectivity index (χ1) is 11.0. The van der Waals surface area contributed by atoms with E-state index in [-0.39, 0.29) is 6.09 Å². The molecular formula is C18H23N3O2. The highest BCUT2D eigenvalue weighted by atomic mass is 16.6. The molecule has 1 fully saturated rings. The van der Waals surface area contributed by atoms with Crippen molar-refractivity contribution in [3.63, 3.8) is 0 Å². The van der Waals surface area contributed by atoms with Crippen molar-refractivity contribution in [2.45, 2.75) is 19.4 Å². The molecule has 2 aromatic rings. The first-order valence-corrected chi connectivity index (χ1v) is 7.99. The highest BCUT2D eigenvalue weighted by Crippen LogP contribution is 2.19. The zero-order chi connectivity index (χ0) is 16.3. The number of hydrogen-bond acceptors (Lipinski definition) is 3. The zero-order valence-electron chi connectivity index (χ0n) is 13.6. The molecule has 0 bridgehead atoms. The largest absolute Gasteiger partial charge is 0.439 e. The Hall–Kier alpha value is -2.27. The molecule has 0 saturated carbocycles. The molecule has 2 heterocycles. The first-order valence-electron chi connectivity index (χ1n) is 7.99. The van der Waals surface area contributed by atoms with Crippen molar-refractivity contribution in [2.24, 2.45) is 0 Å². The molecule has 0 unspecified atom stereocenters. The lowest BCUT2D eigenvalue weighted by atomic mass is 10.1. The van der Waals surface area contributed by atoms with Gasteiger partial charge in [0.25, 0.3) is 0 Å². The van der Waals surface area contributed by atoms with Crippen molar-refractivity contribution in [1.29, 1.82) is 0 Å². The number of fused-ring (bicyclic) bond motifs is 1. The molecule has 1 amide bonds. The summed E-state index contributed by atoms with van der Waals surface area (Å²) in [6.45, 7) is 6.82. The number of para-hydroxylation sites is 1. The van der Waals surface area contributed by atoms with Gasteiger partial charge in [0.05, 0.1) is 0 Å². The monoisotopic (exact) mass is 313 g/mol. The van der Waals surface area contributed by atoms with Crippen LogP contribution in [-0.4, -0.2) is 47.8 Å². The number of rotatable bonds is 3. The van der Waals surface area contributed by atoms with Gasteiger partial charge in [-0.15, -0.1) is 0 Å². The second kappa shape index (κ2) is 6.46. The number of ether oxygens (including phenoxy) is 1. The van der Waals surface area contributed by atoms with E-state index in [1.54, 1.807) is 4.90 Å². The van der Waals surface area contributed by atoms with Crippen molar-refractivity contribution in [2.75, 3.05) is 26.2 Å². The minimum absolute atomic E-state index is 0.252. The lowest BCUT2D eigenvalue weighted by molar-refractivity contribution is 0.0390. The van der Waals surface area contributed by atoms with Crippen LogP contribution in [0.2, 0.25) is 0 Å². The van der Waals surface area contributed by atoms with E-state index in [1.807, 2.05) is 44.2 Å². The fourth-order valence-electron chi connectivity index (χ4n) is 2.65. The third kappa shape index (κ3) is 3.93. The van der Waals surface area contributed by atoms with Crippen molar-refractivity contribution < 1.29 is 9.53 Å². The molecule has 23 heavy (non-hydrogen) atoms. The van der Waals surface area contributed by atoms with Gasteiger partial charge in [0.15, 0.2) is 0 Å². The average molecular weight is 313 g/mol. The van der Waals surface area contributed by atoms with Crippen LogP contribution in [0, 0.1) is 0 Å². The molecule has 2 N–H and O–H groups in total. The van der Waals surface area contributed by atoms with Gasteiger partial charge in [-0.25, -0.2) is 4.79 Å². The fraction of sp³-hybridized carbons (Fsp3) is 0.389. The van der Waals surface area contributed by atoms with Gasteiger partial charge in [0, 0.05) is 37.4 Å². The number of piperazine rings is 1. The number of H-pyrrole nitrogens is 1. The Morgan fingerprint density at radius 1 is 1.26 bits per heavy atom. The summed E-state index contributed by atoms with van der Waals surface area (Å²) in [5, 5.41) is 4.39. The van der Waals surface area contributed by atoms with E-state index < -0.39 is 5.60 Å². The van der Waals surface area contributed by atoms with Crippen LogP contribution in [0.15, 0.2) is 36.4 Å². The lowest BCUT2D eigenvalue weighted by Gasteiger charge is -2.30. The van der Waals surface area contributed by atoms with Gasteiger partial charge in [-0.2, -0.15) is 0 Å². The number of amides is 1. The Kier molecular flexibility index (Phi) is 4.39. The van der Waals surface area contributed by atoms with E-state index in [2.05, 4.69) is 22.4 Å². The highest BCUT2D eigenvalue weighted by molar-refractivity contribution is 5.82. The molecule has 5 heteroatoms. The maximum Gasteiger partial charge on any atom is 0.410 e. The summed E-state index contributed by atoms with van der Waals surface area (Å²) in [5.74, 6) is 0. The number of aromatic nitrogens is 1. The van der Waals surface area contributed by atoms with Gasteiger partial charge in [-0.1, -0.05) is 18.2 Å². The van der Waals surface area contributed by atoms with E-state index in [9.17, 15) is 4.79 Å². The molecule has 3 rings (SSSR count). The molecule has 0 radical (unpaired) electrons. The summed E-state index contributed by atoms with van der Waals surface area (Å²) in [5.41, 5.74) is 1.44. The summed E-state index contributed by atoms with van der Waals surface area (Å²) in [6, 6.07) is 10.2. The van der Waals surface area contributed by atoms with Gasteiger partial charge >= 0.3 is 6.09 Å². The van der Waals surface area contributed by atoms with Crippen molar-refractivity contribution in [1.82, 2.24) is 15.2 Å². The molecule has 122 valence electrons. The normalized spacial score (nSPS) is 16.2. The summed E-state index contributed by atoms with van der Waals surface area (Å²) in [6.07, 6.45) is 3.63. The molecule has 1 aliphatic heterocycles. The summed E-state index contributed by atoms with van der Waals surface area (Å²) in [4.78, 5) is 17.3. The Morgan fingerprint density at radius 2 is 2.00 bits per heavy atom. The van der Waals surface area contributed by atoms with Crippen LogP contribution in [0.4, 0.5) is 4.79 Å². The SMILES string of the molecule is CC(C)(/C=C/c1cc2ccccc2[nH]1)OC(=O)N1CCNCC1. The maximum absolute atomic E-state index is 12.2. The highest BCUT2D eigenvalue weighted by Gasteiger charge is 2.24. The first kappa shape index (κ1) is 15.6.